The second-order valence-corrected chi connectivity index (χ2v) is 6.39. The summed E-state index contributed by atoms with van der Waals surface area (Å²) in [4.78, 5) is 19.2. The highest BCUT2D eigenvalue weighted by atomic mass is 32.1. The van der Waals surface area contributed by atoms with Crippen LogP contribution in [0.3, 0.4) is 0 Å². The predicted molar refractivity (Wildman–Crippen MR) is 105 cm³/mol. The fourth-order valence-corrected chi connectivity index (χ4v) is 3.27. The van der Waals surface area contributed by atoms with E-state index in [1.165, 1.54) is 0 Å². The standard InChI is InChI=1S/C19H16N2O5S/c1-24-16-11-15-18(12-17(16)25-2)27-19(20-15)6-4-3-5-13-7-9-14(10-8-13)26-21(22)23/h3-12H,1-2H3/b5-3+,6-4+. The maximum Gasteiger partial charge on any atom is 0.299 e. The van der Waals surface area contributed by atoms with E-state index in [1.54, 1.807) is 49.8 Å². The van der Waals surface area contributed by atoms with E-state index in [-0.39, 0.29) is 5.75 Å². The number of ether oxygens (including phenoxy) is 2. The molecule has 0 aliphatic heterocycles. The molecule has 0 aliphatic rings. The lowest BCUT2D eigenvalue weighted by Crippen LogP contribution is -2.02. The van der Waals surface area contributed by atoms with Crippen molar-refractivity contribution < 1.29 is 19.4 Å². The lowest BCUT2D eigenvalue weighted by atomic mass is 10.2. The zero-order valence-corrected chi connectivity index (χ0v) is 15.4. The third-order valence-electron chi connectivity index (χ3n) is 3.61. The molecule has 7 nitrogen and oxygen atoms in total. The molecular formula is C19H16N2O5S. The summed E-state index contributed by atoms with van der Waals surface area (Å²) < 4.78 is 11.6. The van der Waals surface area contributed by atoms with Crippen molar-refractivity contribution in [1.29, 1.82) is 0 Å². The average molecular weight is 384 g/mol. The third-order valence-corrected chi connectivity index (χ3v) is 4.59. The van der Waals surface area contributed by atoms with Gasteiger partial charge in [-0.2, -0.15) is 0 Å². The lowest BCUT2D eigenvalue weighted by molar-refractivity contribution is -0.711. The molecule has 0 bridgehead atoms. The monoisotopic (exact) mass is 384 g/mol. The molecule has 0 spiro atoms. The summed E-state index contributed by atoms with van der Waals surface area (Å²) >= 11 is 1.55. The molecule has 0 unspecified atom stereocenters. The van der Waals surface area contributed by atoms with Crippen LogP contribution in [-0.2, 0) is 0 Å². The smallest absolute Gasteiger partial charge is 0.299 e. The minimum atomic E-state index is -0.837. The van der Waals surface area contributed by atoms with Crippen LogP contribution in [0.25, 0.3) is 22.4 Å². The van der Waals surface area contributed by atoms with Gasteiger partial charge in [0, 0.05) is 12.1 Å². The first-order valence-electron chi connectivity index (χ1n) is 7.89. The summed E-state index contributed by atoms with van der Waals surface area (Å²) in [5.74, 6) is 1.51. The Morgan fingerprint density at radius 1 is 1.04 bits per heavy atom. The predicted octanol–water partition coefficient (Wildman–Crippen LogP) is 4.61. The van der Waals surface area contributed by atoms with Gasteiger partial charge < -0.3 is 9.47 Å². The number of hydrogen-bond acceptors (Lipinski definition) is 7. The van der Waals surface area contributed by atoms with Crippen molar-refractivity contribution in [1.82, 2.24) is 4.98 Å². The van der Waals surface area contributed by atoms with Gasteiger partial charge in [-0.25, -0.2) is 4.98 Å². The average Bonchev–Trinajstić information content (AvgIpc) is 3.06. The highest BCUT2D eigenvalue weighted by Crippen LogP contribution is 2.34. The van der Waals surface area contributed by atoms with Gasteiger partial charge in [-0.1, -0.05) is 30.4 Å². The van der Waals surface area contributed by atoms with Gasteiger partial charge in [0.15, 0.2) is 11.5 Å². The Morgan fingerprint density at radius 3 is 2.37 bits per heavy atom. The molecule has 0 fully saturated rings. The van der Waals surface area contributed by atoms with E-state index in [0.29, 0.717) is 11.5 Å². The summed E-state index contributed by atoms with van der Waals surface area (Å²) in [6.07, 6.45) is 7.54. The molecule has 0 radical (unpaired) electrons. The van der Waals surface area contributed by atoms with Crippen LogP contribution in [0.1, 0.15) is 10.6 Å². The Hall–Kier alpha value is -3.39. The van der Waals surface area contributed by atoms with Gasteiger partial charge in [0.2, 0.25) is 0 Å². The second-order valence-electron chi connectivity index (χ2n) is 5.33. The van der Waals surface area contributed by atoms with Gasteiger partial charge >= 0.3 is 0 Å². The van der Waals surface area contributed by atoms with Gasteiger partial charge in [0.25, 0.3) is 5.09 Å². The Balaban J connectivity index is 1.70. The molecule has 27 heavy (non-hydrogen) atoms. The first-order valence-corrected chi connectivity index (χ1v) is 8.70. The van der Waals surface area contributed by atoms with Crippen LogP contribution < -0.4 is 14.3 Å². The second kappa shape index (κ2) is 8.33. The zero-order valence-electron chi connectivity index (χ0n) is 14.6. The van der Waals surface area contributed by atoms with Crippen LogP contribution in [0, 0.1) is 10.1 Å². The quantitative estimate of drug-likeness (QED) is 0.336. The van der Waals surface area contributed by atoms with Gasteiger partial charge in [0.1, 0.15) is 10.8 Å². The van der Waals surface area contributed by atoms with Crippen LogP contribution in [0.2, 0.25) is 0 Å². The number of fused-ring (bicyclic) bond motifs is 1. The lowest BCUT2D eigenvalue weighted by Gasteiger charge is -2.05. The van der Waals surface area contributed by atoms with E-state index in [0.717, 1.165) is 20.8 Å². The van der Waals surface area contributed by atoms with Crippen molar-refractivity contribution in [2.75, 3.05) is 14.2 Å². The number of thiazole rings is 1. The Bertz CT molecular complexity index is 968. The molecule has 8 heteroatoms. The first-order chi connectivity index (χ1) is 13.1. The van der Waals surface area contributed by atoms with E-state index in [4.69, 9.17) is 9.47 Å². The number of hydrogen-bond donors (Lipinski definition) is 0. The van der Waals surface area contributed by atoms with Crippen molar-refractivity contribution in [2.24, 2.45) is 0 Å². The largest absolute Gasteiger partial charge is 0.493 e. The van der Waals surface area contributed by atoms with E-state index in [2.05, 4.69) is 9.82 Å². The molecule has 3 rings (SSSR count). The van der Waals surface area contributed by atoms with Crippen molar-refractivity contribution in [3.05, 3.63) is 69.2 Å². The van der Waals surface area contributed by atoms with Crippen molar-refractivity contribution >= 4 is 33.7 Å². The maximum atomic E-state index is 10.3. The van der Waals surface area contributed by atoms with Crippen LogP contribution in [0.15, 0.2) is 48.6 Å². The number of aromatic nitrogens is 1. The van der Waals surface area contributed by atoms with Crippen molar-refractivity contribution in [3.63, 3.8) is 0 Å². The van der Waals surface area contributed by atoms with Crippen LogP contribution in [0.4, 0.5) is 0 Å². The minimum Gasteiger partial charge on any atom is -0.493 e. The van der Waals surface area contributed by atoms with E-state index < -0.39 is 5.09 Å². The van der Waals surface area contributed by atoms with Crippen LogP contribution in [-0.4, -0.2) is 24.3 Å². The van der Waals surface area contributed by atoms with Gasteiger partial charge in [-0.3, -0.25) is 4.84 Å². The van der Waals surface area contributed by atoms with E-state index >= 15 is 0 Å². The van der Waals surface area contributed by atoms with Crippen molar-refractivity contribution in [3.8, 4) is 17.2 Å². The van der Waals surface area contributed by atoms with Gasteiger partial charge in [0.05, 0.1) is 24.4 Å². The molecule has 0 N–H and O–H groups in total. The van der Waals surface area contributed by atoms with Crippen molar-refractivity contribution in [2.45, 2.75) is 0 Å². The number of benzene rings is 2. The van der Waals surface area contributed by atoms with E-state index in [1.807, 2.05) is 36.4 Å². The summed E-state index contributed by atoms with van der Waals surface area (Å²) in [5.41, 5.74) is 1.75. The highest BCUT2D eigenvalue weighted by Gasteiger charge is 2.09. The van der Waals surface area contributed by atoms with E-state index in [9.17, 15) is 10.1 Å². The molecule has 1 heterocycles. The number of nitrogens with zero attached hydrogens (tertiary/aromatic N) is 2. The first kappa shape index (κ1) is 18.4. The Labute approximate surface area is 159 Å². The molecular weight excluding hydrogens is 368 g/mol. The normalized spacial score (nSPS) is 11.3. The summed E-state index contributed by atoms with van der Waals surface area (Å²) in [6.45, 7) is 0. The topological polar surface area (TPSA) is 83.7 Å². The van der Waals surface area contributed by atoms with Crippen LogP contribution >= 0.6 is 11.3 Å². The zero-order chi connectivity index (χ0) is 19.2. The molecule has 1 aromatic heterocycles. The highest BCUT2D eigenvalue weighted by molar-refractivity contribution is 7.19. The molecule has 0 saturated heterocycles. The SMILES string of the molecule is COc1cc2nc(/C=C/C=C/c3ccc(O[N+](=O)[O-])cc3)sc2cc1OC. The Kier molecular flexibility index (Phi) is 5.68. The number of methoxy groups -OCH3 is 2. The summed E-state index contributed by atoms with van der Waals surface area (Å²) in [6, 6.07) is 10.3. The molecule has 2 aromatic carbocycles. The summed E-state index contributed by atoms with van der Waals surface area (Å²) in [7, 11) is 3.20. The Morgan fingerprint density at radius 2 is 1.70 bits per heavy atom. The maximum absolute atomic E-state index is 10.3. The molecule has 138 valence electrons. The van der Waals surface area contributed by atoms with Gasteiger partial charge in [-0.05, 0) is 23.8 Å². The number of allylic oxidation sites excluding steroid dienone is 2. The number of rotatable bonds is 7. The molecule has 0 saturated carbocycles. The third kappa shape index (κ3) is 4.62. The fourth-order valence-electron chi connectivity index (χ4n) is 2.37. The fraction of sp³-hybridized carbons (Fsp3) is 0.105. The van der Waals surface area contributed by atoms with Crippen LogP contribution in [0.5, 0.6) is 17.2 Å². The molecule has 0 aliphatic carbocycles. The molecule has 0 atom stereocenters. The van der Waals surface area contributed by atoms with Gasteiger partial charge in [-0.15, -0.1) is 21.5 Å². The minimum absolute atomic E-state index is 0.188. The molecule has 0 amide bonds. The summed E-state index contributed by atoms with van der Waals surface area (Å²) in [5, 5.41) is 10.3. The molecule has 3 aromatic rings.